The molecule has 21 heavy (non-hydrogen) atoms. The number of benzene rings is 1. The predicted octanol–water partition coefficient (Wildman–Crippen LogP) is 1.92. The molecule has 0 aliphatic carbocycles. The Morgan fingerprint density at radius 2 is 2.10 bits per heavy atom. The van der Waals surface area contributed by atoms with Gasteiger partial charge >= 0.3 is 0 Å². The molecule has 0 spiro atoms. The lowest BCUT2D eigenvalue weighted by Gasteiger charge is -2.10. The molecule has 1 aromatic carbocycles. The molecule has 2 aromatic rings. The van der Waals surface area contributed by atoms with Crippen LogP contribution >= 0.6 is 12.4 Å². The smallest absolute Gasteiger partial charge is 0.251 e. The maximum atomic E-state index is 12.1. The van der Waals surface area contributed by atoms with E-state index in [2.05, 4.69) is 20.6 Å². The molecule has 0 saturated carbocycles. The average Bonchev–Trinajstić information content (AvgIpc) is 3.00. The van der Waals surface area contributed by atoms with E-state index in [4.69, 9.17) is 0 Å². The fourth-order valence-electron chi connectivity index (χ4n) is 2.57. The number of rotatable bonds is 4. The summed E-state index contributed by atoms with van der Waals surface area (Å²) in [5, 5.41) is 6.39. The summed E-state index contributed by atoms with van der Waals surface area (Å²) in [6, 6.07) is 5.96. The third-order valence-corrected chi connectivity index (χ3v) is 3.67. The summed E-state index contributed by atoms with van der Waals surface area (Å²) in [7, 11) is 0. The molecule has 1 aliphatic heterocycles. The van der Waals surface area contributed by atoms with Gasteiger partial charge in [-0.05, 0) is 44.0 Å². The number of halogens is 1. The van der Waals surface area contributed by atoms with Crippen molar-refractivity contribution in [3.05, 3.63) is 36.2 Å². The summed E-state index contributed by atoms with van der Waals surface area (Å²) in [5.74, 6) is -0.0458. The Kier molecular flexibility index (Phi) is 5.47. The number of carbonyl (C=O) groups is 1. The second kappa shape index (κ2) is 7.33. The number of nitrogens with one attached hydrogen (secondary N) is 2. The lowest BCUT2D eigenvalue weighted by Crippen LogP contribution is -2.30. The van der Waals surface area contributed by atoms with Crippen LogP contribution in [0.2, 0.25) is 0 Å². The average molecular weight is 307 g/mol. The summed E-state index contributed by atoms with van der Waals surface area (Å²) in [6.45, 7) is 1.80. The van der Waals surface area contributed by atoms with Gasteiger partial charge in [-0.15, -0.1) is 12.4 Å². The maximum Gasteiger partial charge on any atom is 0.251 e. The van der Waals surface area contributed by atoms with Crippen molar-refractivity contribution >= 4 is 29.3 Å². The Bertz CT molecular complexity index is 613. The zero-order chi connectivity index (χ0) is 13.8. The molecular formula is C15H19ClN4O. The van der Waals surface area contributed by atoms with E-state index < -0.39 is 0 Å². The molecule has 1 atom stereocenters. The lowest BCUT2D eigenvalue weighted by atomic mass is 10.1. The van der Waals surface area contributed by atoms with Crippen molar-refractivity contribution in [2.75, 3.05) is 13.1 Å². The van der Waals surface area contributed by atoms with Crippen LogP contribution in [0.15, 0.2) is 30.6 Å². The highest BCUT2D eigenvalue weighted by atomic mass is 35.5. The van der Waals surface area contributed by atoms with Gasteiger partial charge in [0.05, 0.1) is 11.0 Å². The Labute approximate surface area is 130 Å². The van der Waals surface area contributed by atoms with E-state index in [1.165, 1.54) is 12.8 Å². The summed E-state index contributed by atoms with van der Waals surface area (Å²) in [6.07, 6.45) is 6.72. The highest BCUT2D eigenvalue weighted by molar-refractivity contribution is 5.97. The first-order valence-corrected chi connectivity index (χ1v) is 7.05. The van der Waals surface area contributed by atoms with Gasteiger partial charge in [-0.3, -0.25) is 14.8 Å². The van der Waals surface area contributed by atoms with E-state index in [0.717, 1.165) is 24.0 Å². The number of amides is 1. The minimum absolute atomic E-state index is 0. The van der Waals surface area contributed by atoms with Crippen molar-refractivity contribution in [3.63, 3.8) is 0 Å². The van der Waals surface area contributed by atoms with Gasteiger partial charge in [0.25, 0.3) is 5.91 Å². The van der Waals surface area contributed by atoms with Crippen molar-refractivity contribution in [2.24, 2.45) is 0 Å². The lowest BCUT2D eigenvalue weighted by molar-refractivity contribution is 0.0952. The summed E-state index contributed by atoms with van der Waals surface area (Å²) in [4.78, 5) is 20.5. The number of hydrogen-bond donors (Lipinski definition) is 2. The second-order valence-corrected chi connectivity index (χ2v) is 5.10. The fourth-order valence-corrected chi connectivity index (χ4v) is 2.57. The number of nitrogens with zero attached hydrogens (tertiary/aromatic N) is 2. The van der Waals surface area contributed by atoms with Crippen molar-refractivity contribution < 1.29 is 4.79 Å². The number of carbonyl (C=O) groups excluding carboxylic acids is 1. The van der Waals surface area contributed by atoms with Crippen LogP contribution in [0.25, 0.3) is 11.0 Å². The van der Waals surface area contributed by atoms with Crippen molar-refractivity contribution in [1.82, 2.24) is 20.6 Å². The maximum absolute atomic E-state index is 12.1. The Morgan fingerprint density at radius 1 is 1.29 bits per heavy atom. The quantitative estimate of drug-likeness (QED) is 0.906. The molecular weight excluding hydrogens is 288 g/mol. The normalized spacial score (nSPS) is 17.4. The van der Waals surface area contributed by atoms with Gasteiger partial charge in [-0.1, -0.05) is 0 Å². The molecule has 1 fully saturated rings. The van der Waals surface area contributed by atoms with E-state index in [1.54, 1.807) is 24.5 Å². The summed E-state index contributed by atoms with van der Waals surface area (Å²) >= 11 is 0. The van der Waals surface area contributed by atoms with E-state index >= 15 is 0 Å². The molecule has 1 amide bonds. The molecule has 3 rings (SSSR count). The molecule has 1 saturated heterocycles. The first kappa shape index (κ1) is 15.7. The van der Waals surface area contributed by atoms with E-state index in [0.29, 0.717) is 18.2 Å². The van der Waals surface area contributed by atoms with E-state index in [-0.39, 0.29) is 18.3 Å². The van der Waals surface area contributed by atoms with Crippen LogP contribution in [0.1, 0.15) is 29.6 Å². The van der Waals surface area contributed by atoms with Crippen molar-refractivity contribution in [1.29, 1.82) is 0 Å². The van der Waals surface area contributed by atoms with Gasteiger partial charge in [0, 0.05) is 30.5 Å². The molecule has 5 nitrogen and oxygen atoms in total. The van der Waals surface area contributed by atoms with Gasteiger partial charge in [0.15, 0.2) is 0 Å². The third-order valence-electron chi connectivity index (χ3n) is 3.67. The number of hydrogen-bond acceptors (Lipinski definition) is 4. The van der Waals surface area contributed by atoms with Crippen LogP contribution in [0.5, 0.6) is 0 Å². The first-order valence-electron chi connectivity index (χ1n) is 7.05. The molecule has 112 valence electrons. The Balaban J connectivity index is 0.00000161. The van der Waals surface area contributed by atoms with Gasteiger partial charge in [-0.2, -0.15) is 0 Å². The number of aromatic nitrogens is 2. The molecule has 0 unspecified atom stereocenters. The van der Waals surface area contributed by atoms with E-state index in [9.17, 15) is 4.79 Å². The standard InChI is InChI=1S/C15H18N4O.ClH/c20-15(19-7-5-12-2-1-6-16-12)11-3-4-13-14(10-11)18-9-8-17-13;/h3-4,8-10,12,16H,1-2,5-7H2,(H,19,20);1H/t12-;/m1./s1. The first-order chi connectivity index (χ1) is 9.83. The minimum atomic E-state index is -0.0458. The van der Waals surface area contributed by atoms with Crippen LogP contribution in [0.4, 0.5) is 0 Å². The van der Waals surface area contributed by atoms with Crippen LogP contribution in [-0.4, -0.2) is 35.0 Å². The SMILES string of the molecule is Cl.O=C(NCC[C@H]1CCCN1)c1ccc2nccnc2c1. The largest absolute Gasteiger partial charge is 0.352 e. The van der Waals surface area contributed by atoms with Crippen LogP contribution in [-0.2, 0) is 0 Å². The highest BCUT2D eigenvalue weighted by Crippen LogP contribution is 2.11. The molecule has 2 N–H and O–H groups in total. The zero-order valence-corrected chi connectivity index (χ0v) is 12.5. The van der Waals surface area contributed by atoms with Crippen molar-refractivity contribution in [2.45, 2.75) is 25.3 Å². The van der Waals surface area contributed by atoms with Crippen LogP contribution < -0.4 is 10.6 Å². The topological polar surface area (TPSA) is 66.9 Å². The molecule has 6 heteroatoms. The second-order valence-electron chi connectivity index (χ2n) is 5.10. The van der Waals surface area contributed by atoms with E-state index in [1.807, 2.05) is 6.07 Å². The highest BCUT2D eigenvalue weighted by Gasteiger charge is 2.14. The van der Waals surface area contributed by atoms with Gasteiger partial charge in [-0.25, -0.2) is 0 Å². The minimum Gasteiger partial charge on any atom is -0.352 e. The summed E-state index contributed by atoms with van der Waals surface area (Å²) in [5.41, 5.74) is 2.19. The van der Waals surface area contributed by atoms with Gasteiger partial charge < -0.3 is 10.6 Å². The molecule has 1 aliphatic rings. The fraction of sp³-hybridized carbons (Fsp3) is 0.400. The molecule has 0 bridgehead atoms. The van der Waals surface area contributed by atoms with Crippen molar-refractivity contribution in [3.8, 4) is 0 Å². The summed E-state index contributed by atoms with van der Waals surface area (Å²) < 4.78 is 0. The molecule has 2 heterocycles. The Hall–Kier alpha value is -1.72. The third kappa shape index (κ3) is 3.89. The van der Waals surface area contributed by atoms with Gasteiger partial charge in [0.2, 0.25) is 0 Å². The molecule has 0 radical (unpaired) electrons. The predicted molar refractivity (Wildman–Crippen MR) is 84.8 cm³/mol. The monoisotopic (exact) mass is 306 g/mol. The zero-order valence-electron chi connectivity index (χ0n) is 11.7. The number of fused-ring (bicyclic) bond motifs is 1. The van der Waals surface area contributed by atoms with Gasteiger partial charge in [0.1, 0.15) is 0 Å². The Morgan fingerprint density at radius 3 is 2.86 bits per heavy atom. The van der Waals surface area contributed by atoms with Crippen LogP contribution in [0, 0.1) is 0 Å². The molecule has 1 aromatic heterocycles. The van der Waals surface area contributed by atoms with Crippen LogP contribution in [0.3, 0.4) is 0 Å².